The number of pyridine rings is 1. The predicted molar refractivity (Wildman–Crippen MR) is 128 cm³/mol. The first-order valence-electron chi connectivity index (χ1n) is 11.5. The summed E-state index contributed by atoms with van der Waals surface area (Å²) in [6.07, 6.45) is 1.61. The van der Waals surface area contributed by atoms with E-state index in [4.69, 9.17) is 9.94 Å². The minimum absolute atomic E-state index is 0.0731. The van der Waals surface area contributed by atoms with Crippen molar-refractivity contribution in [2.75, 3.05) is 13.6 Å². The highest BCUT2D eigenvalue weighted by molar-refractivity contribution is 5.94. The third kappa shape index (κ3) is 5.52. The van der Waals surface area contributed by atoms with Crippen molar-refractivity contribution in [1.82, 2.24) is 20.7 Å². The van der Waals surface area contributed by atoms with Crippen LogP contribution in [0.3, 0.4) is 0 Å². The van der Waals surface area contributed by atoms with Gasteiger partial charge in [-0.3, -0.25) is 24.7 Å². The molecule has 2 heterocycles. The van der Waals surface area contributed by atoms with Gasteiger partial charge >= 0.3 is 0 Å². The van der Waals surface area contributed by atoms with E-state index in [9.17, 15) is 9.59 Å². The highest BCUT2D eigenvalue weighted by Gasteiger charge is 2.32. The van der Waals surface area contributed by atoms with Crippen LogP contribution in [0.1, 0.15) is 40.9 Å². The van der Waals surface area contributed by atoms with Gasteiger partial charge in [-0.25, -0.2) is 5.48 Å². The zero-order chi connectivity index (χ0) is 24.1. The Morgan fingerprint density at radius 3 is 2.71 bits per heavy atom. The number of rotatable bonds is 7. The van der Waals surface area contributed by atoms with Gasteiger partial charge in [0.05, 0.1) is 11.7 Å². The Labute approximate surface area is 198 Å². The molecule has 0 radical (unpaired) electrons. The van der Waals surface area contributed by atoms with Crippen molar-refractivity contribution in [1.29, 1.82) is 0 Å². The number of hydroxylamine groups is 1. The number of nitrogens with one attached hydrogen (secondary N) is 2. The topological polar surface area (TPSA) is 104 Å². The Morgan fingerprint density at radius 1 is 1.18 bits per heavy atom. The fourth-order valence-electron chi connectivity index (χ4n) is 4.58. The van der Waals surface area contributed by atoms with Crippen molar-refractivity contribution < 1.29 is 19.5 Å². The maximum absolute atomic E-state index is 12.9. The molecule has 1 unspecified atom stereocenters. The van der Waals surface area contributed by atoms with Crippen LogP contribution in [0.25, 0.3) is 10.9 Å². The Hall–Kier alpha value is -3.49. The smallest absolute Gasteiger partial charge is 0.252 e. The largest absolute Gasteiger partial charge is 0.489 e. The van der Waals surface area contributed by atoms with Gasteiger partial charge in [-0.2, -0.15) is 0 Å². The number of hydrogen-bond acceptors (Lipinski definition) is 6. The first kappa shape index (κ1) is 23.7. The maximum Gasteiger partial charge on any atom is 0.252 e. The lowest BCUT2D eigenvalue weighted by atomic mass is 9.91. The molecule has 1 saturated heterocycles. The second-order valence-electron chi connectivity index (χ2n) is 8.79. The van der Waals surface area contributed by atoms with Crippen LogP contribution >= 0.6 is 0 Å². The molecule has 0 aliphatic carbocycles. The highest BCUT2D eigenvalue weighted by Crippen LogP contribution is 2.25. The van der Waals surface area contributed by atoms with Crippen molar-refractivity contribution in [2.24, 2.45) is 5.92 Å². The third-order valence-corrected chi connectivity index (χ3v) is 6.30. The van der Waals surface area contributed by atoms with Gasteiger partial charge in [0.2, 0.25) is 5.91 Å². The van der Waals surface area contributed by atoms with Crippen LogP contribution in [-0.2, 0) is 11.4 Å². The predicted octanol–water partition coefficient (Wildman–Crippen LogP) is 3.42. The number of aromatic nitrogens is 1. The van der Waals surface area contributed by atoms with Crippen LogP contribution in [0.2, 0.25) is 0 Å². The molecule has 0 spiro atoms. The van der Waals surface area contributed by atoms with Crippen LogP contribution in [0, 0.1) is 12.8 Å². The minimum atomic E-state index is -0.446. The van der Waals surface area contributed by atoms with Crippen molar-refractivity contribution in [3.63, 3.8) is 0 Å². The zero-order valence-electron chi connectivity index (χ0n) is 19.5. The fraction of sp³-hybridized carbons (Fsp3) is 0.346. The summed E-state index contributed by atoms with van der Waals surface area (Å²) in [5.74, 6) is -0.0628. The highest BCUT2D eigenvalue weighted by atomic mass is 16.5. The second kappa shape index (κ2) is 10.6. The second-order valence-corrected chi connectivity index (χ2v) is 8.79. The molecule has 178 valence electrons. The van der Waals surface area contributed by atoms with Gasteiger partial charge in [0.15, 0.2) is 0 Å². The van der Waals surface area contributed by atoms with E-state index in [1.54, 1.807) is 29.7 Å². The quantitative estimate of drug-likeness (QED) is 0.367. The number of benzene rings is 2. The SMILES string of the molecule is Cc1cc(COc2ccc(C(=O)NC3[C@H](CC(=O)NO)CCCN3C)cc2)c2ccccc2n1. The molecule has 2 aromatic carbocycles. The molecule has 1 aliphatic heterocycles. The molecule has 0 bridgehead atoms. The lowest BCUT2D eigenvalue weighted by Gasteiger charge is -2.39. The molecular formula is C26H30N4O4. The van der Waals surface area contributed by atoms with Crippen molar-refractivity contribution in [3.05, 3.63) is 71.4 Å². The standard InChI is InChI=1S/C26H30N4O4/c1-17-14-20(22-7-3-4-8-23(22)27-17)16-34-21-11-9-18(10-12-21)26(32)28-25-19(15-24(31)29-33)6-5-13-30(25)2/h3-4,7-12,14,19,25,33H,5-6,13,15-16H2,1-2H3,(H,28,32)(H,29,31)/t19-,25?/m0/s1. The number of piperidine rings is 1. The van der Waals surface area contributed by atoms with E-state index in [1.165, 1.54) is 0 Å². The molecule has 8 nitrogen and oxygen atoms in total. The Balaban J connectivity index is 1.40. The van der Waals surface area contributed by atoms with Gasteiger partial charge < -0.3 is 10.1 Å². The van der Waals surface area contributed by atoms with Crippen LogP contribution in [-0.4, -0.2) is 46.7 Å². The van der Waals surface area contributed by atoms with Gasteiger partial charge in [-0.05, 0) is 69.8 Å². The average Bonchev–Trinajstić information content (AvgIpc) is 2.84. The Bertz CT molecular complexity index is 1170. The van der Waals surface area contributed by atoms with E-state index >= 15 is 0 Å². The normalized spacial score (nSPS) is 18.4. The number of nitrogens with zero attached hydrogens (tertiary/aromatic N) is 2. The third-order valence-electron chi connectivity index (χ3n) is 6.30. The van der Waals surface area contributed by atoms with Crippen molar-refractivity contribution in [2.45, 2.75) is 39.0 Å². The molecule has 34 heavy (non-hydrogen) atoms. The van der Waals surface area contributed by atoms with Gasteiger partial charge in [0.25, 0.3) is 5.91 Å². The van der Waals surface area contributed by atoms with Gasteiger partial charge in [-0.15, -0.1) is 0 Å². The number of fused-ring (bicyclic) bond motifs is 1. The first-order chi connectivity index (χ1) is 16.4. The van der Waals surface area contributed by atoms with Crippen LogP contribution < -0.4 is 15.5 Å². The molecule has 1 aromatic heterocycles. The summed E-state index contributed by atoms with van der Waals surface area (Å²) in [5, 5.41) is 13.0. The summed E-state index contributed by atoms with van der Waals surface area (Å²) < 4.78 is 5.99. The summed E-state index contributed by atoms with van der Waals surface area (Å²) in [4.78, 5) is 31.2. The molecule has 4 rings (SSSR count). The van der Waals surface area contributed by atoms with E-state index in [1.807, 2.05) is 49.2 Å². The van der Waals surface area contributed by atoms with E-state index < -0.39 is 5.91 Å². The van der Waals surface area contributed by atoms with E-state index in [-0.39, 0.29) is 24.4 Å². The number of likely N-dealkylation sites (tertiary alicyclic amines) is 1. The molecule has 8 heteroatoms. The Morgan fingerprint density at radius 2 is 1.94 bits per heavy atom. The molecule has 1 fully saturated rings. The molecule has 1 aliphatic rings. The monoisotopic (exact) mass is 462 g/mol. The van der Waals surface area contributed by atoms with Crippen LogP contribution in [0.15, 0.2) is 54.6 Å². The molecule has 3 aromatic rings. The average molecular weight is 463 g/mol. The van der Waals surface area contributed by atoms with Gasteiger partial charge in [0.1, 0.15) is 12.4 Å². The summed E-state index contributed by atoms with van der Waals surface area (Å²) in [6.45, 7) is 3.20. The zero-order valence-corrected chi connectivity index (χ0v) is 19.5. The summed E-state index contributed by atoms with van der Waals surface area (Å²) in [7, 11) is 1.93. The molecule has 2 amide bonds. The maximum atomic E-state index is 12.9. The molecular weight excluding hydrogens is 432 g/mol. The number of hydrogen-bond donors (Lipinski definition) is 3. The number of para-hydroxylation sites is 1. The van der Waals surface area contributed by atoms with Gasteiger partial charge in [0, 0.05) is 34.5 Å². The molecule has 2 atom stereocenters. The minimum Gasteiger partial charge on any atom is -0.489 e. The summed E-state index contributed by atoms with van der Waals surface area (Å²) in [5.41, 5.74) is 5.14. The fourth-order valence-corrected chi connectivity index (χ4v) is 4.58. The lowest BCUT2D eigenvalue weighted by molar-refractivity contribution is -0.131. The van der Waals surface area contributed by atoms with Crippen LogP contribution in [0.5, 0.6) is 5.75 Å². The number of aryl methyl sites for hydroxylation is 1. The van der Waals surface area contributed by atoms with Gasteiger partial charge in [-0.1, -0.05) is 18.2 Å². The number of ether oxygens (including phenoxy) is 1. The van der Waals surface area contributed by atoms with Crippen molar-refractivity contribution >= 4 is 22.7 Å². The number of carbonyl (C=O) groups excluding carboxylic acids is 2. The molecule has 3 N–H and O–H groups in total. The lowest BCUT2D eigenvalue weighted by Crippen LogP contribution is -2.54. The Kier molecular flexibility index (Phi) is 7.40. The first-order valence-corrected chi connectivity index (χ1v) is 11.5. The van der Waals surface area contributed by atoms with E-state index in [2.05, 4.69) is 10.3 Å². The number of amides is 2. The molecule has 0 saturated carbocycles. The van der Waals surface area contributed by atoms with Crippen LogP contribution in [0.4, 0.5) is 0 Å². The van der Waals surface area contributed by atoms with Crippen molar-refractivity contribution in [3.8, 4) is 5.75 Å². The number of carbonyl (C=O) groups is 2. The van der Waals surface area contributed by atoms with E-state index in [0.717, 1.165) is 41.5 Å². The van der Waals surface area contributed by atoms with E-state index in [0.29, 0.717) is 17.9 Å². The summed E-state index contributed by atoms with van der Waals surface area (Å²) in [6, 6.07) is 17.0. The summed E-state index contributed by atoms with van der Waals surface area (Å²) >= 11 is 0.